The van der Waals surface area contributed by atoms with Crippen LogP contribution < -0.4 is 0 Å². The highest BCUT2D eigenvalue weighted by molar-refractivity contribution is 6.42. The third-order valence-corrected chi connectivity index (χ3v) is 2.25. The first kappa shape index (κ1) is 9.85. The van der Waals surface area contributed by atoms with Gasteiger partial charge in [-0.05, 0) is 31.0 Å². The second kappa shape index (κ2) is 4.13. The van der Waals surface area contributed by atoms with Crippen LogP contribution in [0, 0.1) is 0 Å². The van der Waals surface area contributed by atoms with Crippen LogP contribution in [0.15, 0.2) is 18.2 Å². The monoisotopic (exact) mass is 204 g/mol. The molecule has 0 aliphatic carbocycles. The van der Waals surface area contributed by atoms with E-state index in [1.807, 2.05) is 6.07 Å². The van der Waals surface area contributed by atoms with E-state index in [1.165, 1.54) is 0 Å². The fourth-order valence-corrected chi connectivity index (χ4v) is 1.33. The zero-order valence-corrected chi connectivity index (χ0v) is 8.23. The molecule has 0 saturated heterocycles. The van der Waals surface area contributed by atoms with Gasteiger partial charge in [-0.1, -0.05) is 29.3 Å². The van der Waals surface area contributed by atoms with Crippen LogP contribution in [0.5, 0.6) is 0 Å². The Morgan fingerprint density at radius 1 is 1.33 bits per heavy atom. The lowest BCUT2D eigenvalue weighted by Crippen LogP contribution is -2.03. The fraction of sp³-hybridized carbons (Fsp3) is 0.333. The normalized spacial score (nSPS) is 13.0. The molecule has 1 unspecified atom stereocenters. The van der Waals surface area contributed by atoms with E-state index >= 15 is 0 Å². The molecule has 0 amide bonds. The molecule has 12 heavy (non-hydrogen) atoms. The molecule has 0 radical (unpaired) electrons. The first-order valence-electron chi connectivity index (χ1n) is 3.71. The average Bonchev–Trinajstić information content (AvgIpc) is 1.96. The molecule has 1 nitrogen and oxygen atoms in total. The van der Waals surface area contributed by atoms with E-state index in [2.05, 4.69) is 0 Å². The molecule has 66 valence electrons. The maximum atomic E-state index is 9.09. The molecular weight excluding hydrogens is 195 g/mol. The van der Waals surface area contributed by atoms with Gasteiger partial charge in [0.05, 0.1) is 16.1 Å². The minimum Gasteiger partial charge on any atom is -0.393 e. The Balaban J connectivity index is 2.82. The summed E-state index contributed by atoms with van der Waals surface area (Å²) < 4.78 is 0. The smallest absolute Gasteiger partial charge is 0.0595 e. The lowest BCUT2D eigenvalue weighted by atomic mass is 10.1. The van der Waals surface area contributed by atoms with E-state index in [1.54, 1.807) is 19.1 Å². The SMILES string of the molecule is CC(O)Cc1ccc(Cl)c(Cl)c1. The number of rotatable bonds is 2. The van der Waals surface area contributed by atoms with Crippen LogP contribution >= 0.6 is 23.2 Å². The molecule has 3 heteroatoms. The quantitative estimate of drug-likeness (QED) is 0.786. The van der Waals surface area contributed by atoms with Gasteiger partial charge in [-0.25, -0.2) is 0 Å². The maximum Gasteiger partial charge on any atom is 0.0595 e. The number of benzene rings is 1. The van der Waals surface area contributed by atoms with Crippen LogP contribution in [0.4, 0.5) is 0 Å². The largest absolute Gasteiger partial charge is 0.393 e. The van der Waals surface area contributed by atoms with Gasteiger partial charge < -0.3 is 5.11 Å². The van der Waals surface area contributed by atoms with E-state index in [0.717, 1.165) is 5.56 Å². The third-order valence-electron chi connectivity index (χ3n) is 1.52. The predicted molar refractivity (Wildman–Crippen MR) is 51.8 cm³/mol. The Labute approximate surface area is 81.9 Å². The van der Waals surface area contributed by atoms with Gasteiger partial charge >= 0.3 is 0 Å². The minimum absolute atomic E-state index is 0.345. The van der Waals surface area contributed by atoms with Crippen LogP contribution in [-0.4, -0.2) is 11.2 Å². The van der Waals surface area contributed by atoms with Gasteiger partial charge in [0, 0.05) is 0 Å². The zero-order valence-electron chi connectivity index (χ0n) is 6.72. The summed E-state index contributed by atoms with van der Waals surface area (Å²) in [6, 6.07) is 5.37. The molecule has 0 fully saturated rings. The topological polar surface area (TPSA) is 20.2 Å². The molecule has 0 aliphatic heterocycles. The third kappa shape index (κ3) is 2.67. The van der Waals surface area contributed by atoms with Crippen LogP contribution in [0.2, 0.25) is 10.0 Å². The zero-order chi connectivity index (χ0) is 9.14. The minimum atomic E-state index is -0.345. The summed E-state index contributed by atoms with van der Waals surface area (Å²) in [5.74, 6) is 0. The molecule has 0 spiro atoms. The fourth-order valence-electron chi connectivity index (χ4n) is 1.01. The van der Waals surface area contributed by atoms with Crippen molar-refractivity contribution in [3.63, 3.8) is 0 Å². The summed E-state index contributed by atoms with van der Waals surface area (Å²) in [4.78, 5) is 0. The molecule has 1 aromatic rings. The molecule has 0 heterocycles. The number of halogens is 2. The molecule has 1 atom stereocenters. The van der Waals surface area contributed by atoms with Crippen LogP contribution in [0.1, 0.15) is 12.5 Å². The summed E-state index contributed by atoms with van der Waals surface area (Å²) in [6.07, 6.45) is 0.263. The predicted octanol–water partition coefficient (Wildman–Crippen LogP) is 2.92. The van der Waals surface area contributed by atoms with Crippen LogP contribution in [0.3, 0.4) is 0 Å². The summed E-state index contributed by atoms with van der Waals surface area (Å²) >= 11 is 11.5. The molecule has 1 rings (SSSR count). The Bertz CT molecular complexity index is 271. The lowest BCUT2D eigenvalue weighted by molar-refractivity contribution is 0.195. The second-order valence-electron chi connectivity index (χ2n) is 2.80. The molecule has 1 N–H and O–H groups in total. The highest BCUT2D eigenvalue weighted by atomic mass is 35.5. The average molecular weight is 205 g/mol. The molecule has 0 aliphatic rings. The van der Waals surface area contributed by atoms with Crippen molar-refractivity contribution >= 4 is 23.2 Å². The highest BCUT2D eigenvalue weighted by Gasteiger charge is 2.01. The van der Waals surface area contributed by atoms with Crippen molar-refractivity contribution in [1.29, 1.82) is 0 Å². The van der Waals surface area contributed by atoms with Gasteiger partial charge in [-0.2, -0.15) is 0 Å². The van der Waals surface area contributed by atoms with Crippen molar-refractivity contribution in [3.8, 4) is 0 Å². The van der Waals surface area contributed by atoms with Crippen molar-refractivity contribution in [2.75, 3.05) is 0 Å². The van der Waals surface area contributed by atoms with Crippen molar-refractivity contribution in [3.05, 3.63) is 33.8 Å². The number of aliphatic hydroxyl groups excluding tert-OH is 1. The van der Waals surface area contributed by atoms with Crippen molar-refractivity contribution in [2.45, 2.75) is 19.4 Å². The Hall–Kier alpha value is -0.240. The number of aliphatic hydroxyl groups is 1. The van der Waals surface area contributed by atoms with Gasteiger partial charge in [-0.3, -0.25) is 0 Å². The van der Waals surface area contributed by atoms with E-state index in [0.29, 0.717) is 16.5 Å². The van der Waals surface area contributed by atoms with Gasteiger partial charge in [-0.15, -0.1) is 0 Å². The number of hydrogen-bond acceptors (Lipinski definition) is 1. The van der Waals surface area contributed by atoms with Crippen LogP contribution in [-0.2, 0) is 6.42 Å². The number of hydrogen-bond donors (Lipinski definition) is 1. The molecular formula is C9H10Cl2O. The summed E-state index contributed by atoms with van der Waals surface area (Å²) in [5.41, 5.74) is 0.999. The molecule has 0 saturated carbocycles. The summed E-state index contributed by atoms with van der Waals surface area (Å²) in [7, 11) is 0. The Morgan fingerprint density at radius 2 is 2.00 bits per heavy atom. The highest BCUT2D eigenvalue weighted by Crippen LogP contribution is 2.22. The van der Waals surface area contributed by atoms with Gasteiger partial charge in [0.15, 0.2) is 0 Å². The summed E-state index contributed by atoms with van der Waals surface area (Å²) in [5, 5.41) is 10.2. The van der Waals surface area contributed by atoms with Crippen LogP contribution in [0.25, 0.3) is 0 Å². The molecule has 0 aromatic heterocycles. The first-order chi connectivity index (χ1) is 5.59. The van der Waals surface area contributed by atoms with E-state index in [-0.39, 0.29) is 6.10 Å². The van der Waals surface area contributed by atoms with Gasteiger partial charge in [0.1, 0.15) is 0 Å². The summed E-state index contributed by atoms with van der Waals surface area (Å²) in [6.45, 7) is 1.74. The van der Waals surface area contributed by atoms with E-state index in [9.17, 15) is 0 Å². The first-order valence-corrected chi connectivity index (χ1v) is 4.47. The Morgan fingerprint density at radius 3 is 2.50 bits per heavy atom. The Kier molecular flexibility index (Phi) is 3.39. The second-order valence-corrected chi connectivity index (χ2v) is 3.62. The van der Waals surface area contributed by atoms with Crippen molar-refractivity contribution in [1.82, 2.24) is 0 Å². The van der Waals surface area contributed by atoms with E-state index < -0.39 is 0 Å². The van der Waals surface area contributed by atoms with E-state index in [4.69, 9.17) is 28.3 Å². The maximum absolute atomic E-state index is 9.09. The van der Waals surface area contributed by atoms with Crippen molar-refractivity contribution < 1.29 is 5.11 Å². The standard InChI is InChI=1S/C9H10Cl2O/c1-6(12)4-7-2-3-8(10)9(11)5-7/h2-3,5-6,12H,4H2,1H3. The lowest BCUT2D eigenvalue weighted by Gasteiger charge is -2.04. The molecule has 0 bridgehead atoms. The van der Waals surface area contributed by atoms with Gasteiger partial charge in [0.25, 0.3) is 0 Å². The van der Waals surface area contributed by atoms with Gasteiger partial charge in [0.2, 0.25) is 0 Å². The van der Waals surface area contributed by atoms with Crippen molar-refractivity contribution in [2.24, 2.45) is 0 Å². The molecule has 1 aromatic carbocycles.